The molecule has 0 unspecified atom stereocenters. The summed E-state index contributed by atoms with van der Waals surface area (Å²) in [5.74, 6) is 0.137. The van der Waals surface area contributed by atoms with Crippen LogP contribution in [0.2, 0.25) is 5.02 Å². The number of thiazole rings is 1. The Kier molecular flexibility index (Phi) is 4.27. The molecule has 112 valence electrons. The van der Waals surface area contributed by atoms with Gasteiger partial charge in [-0.25, -0.2) is 9.78 Å². The van der Waals surface area contributed by atoms with Gasteiger partial charge in [0.15, 0.2) is 0 Å². The fraction of sp³-hybridized carbons (Fsp3) is 0.125. The van der Waals surface area contributed by atoms with Crippen molar-refractivity contribution in [2.45, 2.75) is 13.5 Å². The lowest BCUT2D eigenvalue weighted by Crippen LogP contribution is -2.05. The number of carbonyl (C=O) groups excluding carboxylic acids is 1. The van der Waals surface area contributed by atoms with Crippen LogP contribution in [0.25, 0.3) is 10.6 Å². The topological polar surface area (TPSA) is 52.3 Å². The number of benzene rings is 1. The molecule has 4 nitrogen and oxygen atoms in total. The summed E-state index contributed by atoms with van der Waals surface area (Å²) in [6, 6.07) is 9.05. The number of halogens is 1. The molecule has 0 aliphatic carbocycles. The Hall–Kier alpha value is -2.11. The van der Waals surface area contributed by atoms with Gasteiger partial charge >= 0.3 is 5.97 Å². The van der Waals surface area contributed by atoms with Crippen molar-refractivity contribution in [1.82, 2.24) is 4.98 Å². The molecule has 0 N–H and O–H groups in total. The van der Waals surface area contributed by atoms with Crippen molar-refractivity contribution in [3.63, 3.8) is 0 Å². The second-order valence-electron chi connectivity index (χ2n) is 4.62. The summed E-state index contributed by atoms with van der Waals surface area (Å²) >= 11 is 7.37. The summed E-state index contributed by atoms with van der Waals surface area (Å²) in [5, 5.41) is 3.42. The van der Waals surface area contributed by atoms with Gasteiger partial charge in [-0.15, -0.1) is 11.3 Å². The Bertz CT molecular complexity index is 792. The van der Waals surface area contributed by atoms with E-state index in [-0.39, 0.29) is 6.61 Å². The molecular weight excluding hydrogens is 322 g/mol. The van der Waals surface area contributed by atoms with Gasteiger partial charge in [0.05, 0.1) is 12.0 Å². The van der Waals surface area contributed by atoms with Gasteiger partial charge in [0.2, 0.25) is 0 Å². The number of hydrogen-bond acceptors (Lipinski definition) is 5. The van der Waals surface area contributed by atoms with Crippen LogP contribution in [0.15, 0.2) is 46.4 Å². The predicted octanol–water partition coefficient (Wildman–Crippen LogP) is 4.72. The first-order chi connectivity index (χ1) is 10.6. The number of nitrogens with zero attached hydrogens (tertiary/aromatic N) is 1. The Balaban J connectivity index is 1.66. The maximum Gasteiger partial charge on any atom is 0.342 e. The van der Waals surface area contributed by atoms with E-state index in [0.29, 0.717) is 22.0 Å². The minimum Gasteiger partial charge on any atom is -0.469 e. The molecule has 0 saturated carbocycles. The number of aryl methyl sites for hydroxylation is 1. The first kappa shape index (κ1) is 14.8. The summed E-state index contributed by atoms with van der Waals surface area (Å²) in [6.07, 6.45) is 1.47. The number of ether oxygens (including phenoxy) is 1. The lowest BCUT2D eigenvalue weighted by atomic mass is 10.2. The van der Waals surface area contributed by atoms with Crippen LogP contribution in [0.5, 0.6) is 0 Å². The number of aromatic nitrogens is 1. The van der Waals surface area contributed by atoms with Crippen molar-refractivity contribution in [2.24, 2.45) is 0 Å². The van der Waals surface area contributed by atoms with E-state index in [1.54, 1.807) is 13.0 Å². The Labute approximate surface area is 136 Å². The van der Waals surface area contributed by atoms with E-state index in [1.165, 1.54) is 17.6 Å². The summed E-state index contributed by atoms with van der Waals surface area (Å²) in [6.45, 7) is 1.85. The van der Waals surface area contributed by atoms with E-state index >= 15 is 0 Å². The lowest BCUT2D eigenvalue weighted by molar-refractivity contribution is 0.0466. The molecule has 0 saturated heterocycles. The lowest BCUT2D eigenvalue weighted by Gasteiger charge is -2.01. The van der Waals surface area contributed by atoms with Crippen molar-refractivity contribution >= 4 is 28.9 Å². The Morgan fingerprint density at radius 2 is 2.09 bits per heavy atom. The zero-order valence-electron chi connectivity index (χ0n) is 11.7. The van der Waals surface area contributed by atoms with Gasteiger partial charge in [-0.2, -0.15) is 0 Å². The van der Waals surface area contributed by atoms with E-state index in [4.69, 9.17) is 20.8 Å². The van der Waals surface area contributed by atoms with Crippen molar-refractivity contribution in [3.05, 3.63) is 64.0 Å². The molecule has 3 rings (SSSR count). The molecule has 2 heterocycles. The fourth-order valence-corrected chi connectivity index (χ4v) is 2.85. The summed E-state index contributed by atoms with van der Waals surface area (Å²) < 4.78 is 10.3. The van der Waals surface area contributed by atoms with Crippen LogP contribution in [0.3, 0.4) is 0 Å². The average Bonchev–Trinajstić information content (AvgIpc) is 3.14. The van der Waals surface area contributed by atoms with E-state index in [2.05, 4.69) is 4.98 Å². The third-order valence-electron chi connectivity index (χ3n) is 3.07. The smallest absolute Gasteiger partial charge is 0.342 e. The average molecular weight is 334 g/mol. The number of rotatable bonds is 4. The number of furan rings is 1. The van der Waals surface area contributed by atoms with Crippen LogP contribution < -0.4 is 0 Å². The number of hydrogen-bond donors (Lipinski definition) is 0. The van der Waals surface area contributed by atoms with E-state index in [9.17, 15) is 4.79 Å². The standard InChI is InChI=1S/C16H12ClNO3S/c1-10-14(6-7-20-10)16(19)21-8-13-9-22-15(18-13)11-2-4-12(17)5-3-11/h2-7,9H,8H2,1H3. The minimum absolute atomic E-state index is 0.132. The number of carbonyl (C=O) groups is 1. The second kappa shape index (κ2) is 6.34. The largest absolute Gasteiger partial charge is 0.469 e. The first-order valence-corrected chi connectivity index (χ1v) is 7.81. The highest BCUT2D eigenvalue weighted by Gasteiger charge is 2.14. The predicted molar refractivity (Wildman–Crippen MR) is 85.1 cm³/mol. The highest BCUT2D eigenvalue weighted by molar-refractivity contribution is 7.13. The summed E-state index contributed by atoms with van der Waals surface area (Å²) in [5.41, 5.74) is 2.13. The summed E-state index contributed by atoms with van der Waals surface area (Å²) in [4.78, 5) is 16.4. The van der Waals surface area contributed by atoms with Gasteiger partial charge in [-0.05, 0) is 25.1 Å². The van der Waals surface area contributed by atoms with Crippen LogP contribution in [-0.2, 0) is 11.3 Å². The van der Waals surface area contributed by atoms with Crippen LogP contribution in [-0.4, -0.2) is 11.0 Å². The summed E-state index contributed by atoms with van der Waals surface area (Å²) in [7, 11) is 0. The van der Waals surface area contributed by atoms with Crippen LogP contribution in [0.4, 0.5) is 0 Å². The molecule has 0 aliphatic heterocycles. The molecule has 3 aromatic rings. The van der Waals surface area contributed by atoms with Gasteiger partial charge in [-0.1, -0.05) is 23.7 Å². The highest BCUT2D eigenvalue weighted by atomic mass is 35.5. The molecular formula is C16H12ClNO3S. The van der Waals surface area contributed by atoms with Crippen molar-refractivity contribution in [2.75, 3.05) is 0 Å². The Morgan fingerprint density at radius 1 is 1.32 bits per heavy atom. The van der Waals surface area contributed by atoms with Gasteiger partial charge < -0.3 is 9.15 Å². The van der Waals surface area contributed by atoms with Crippen molar-refractivity contribution < 1.29 is 13.9 Å². The molecule has 0 atom stereocenters. The monoisotopic (exact) mass is 333 g/mol. The third kappa shape index (κ3) is 3.21. The quantitative estimate of drug-likeness (QED) is 0.648. The maximum atomic E-state index is 11.9. The van der Waals surface area contributed by atoms with Gasteiger partial charge in [0.25, 0.3) is 0 Å². The van der Waals surface area contributed by atoms with Gasteiger partial charge in [-0.3, -0.25) is 0 Å². The molecule has 0 amide bonds. The zero-order valence-corrected chi connectivity index (χ0v) is 13.3. The molecule has 6 heteroatoms. The van der Waals surface area contributed by atoms with E-state index in [0.717, 1.165) is 10.6 Å². The highest BCUT2D eigenvalue weighted by Crippen LogP contribution is 2.25. The third-order valence-corrected chi connectivity index (χ3v) is 4.26. The molecule has 0 spiro atoms. The molecule has 0 radical (unpaired) electrons. The van der Waals surface area contributed by atoms with E-state index < -0.39 is 5.97 Å². The number of esters is 1. The minimum atomic E-state index is -0.410. The van der Waals surface area contributed by atoms with Crippen molar-refractivity contribution in [3.8, 4) is 10.6 Å². The molecule has 0 fully saturated rings. The maximum absolute atomic E-state index is 11.9. The second-order valence-corrected chi connectivity index (χ2v) is 5.91. The Morgan fingerprint density at radius 3 is 2.77 bits per heavy atom. The fourth-order valence-electron chi connectivity index (χ4n) is 1.91. The first-order valence-electron chi connectivity index (χ1n) is 6.55. The normalized spacial score (nSPS) is 10.6. The van der Waals surface area contributed by atoms with E-state index in [1.807, 2.05) is 29.6 Å². The molecule has 0 aliphatic rings. The van der Waals surface area contributed by atoms with Crippen LogP contribution in [0.1, 0.15) is 21.8 Å². The SMILES string of the molecule is Cc1occc1C(=O)OCc1csc(-c2ccc(Cl)cc2)n1. The zero-order chi connectivity index (χ0) is 15.5. The van der Waals surface area contributed by atoms with Crippen molar-refractivity contribution in [1.29, 1.82) is 0 Å². The molecule has 22 heavy (non-hydrogen) atoms. The molecule has 0 bridgehead atoms. The van der Waals surface area contributed by atoms with Crippen LogP contribution in [0, 0.1) is 6.92 Å². The molecule has 2 aromatic heterocycles. The van der Waals surface area contributed by atoms with Gasteiger partial charge in [0.1, 0.15) is 22.9 Å². The molecule has 1 aromatic carbocycles. The van der Waals surface area contributed by atoms with Crippen LogP contribution >= 0.6 is 22.9 Å². The van der Waals surface area contributed by atoms with Gasteiger partial charge in [0, 0.05) is 16.0 Å².